The molecule has 3 amide bonds. The average molecular weight is 394 g/mol. The van der Waals surface area contributed by atoms with Crippen LogP contribution in [0.25, 0.3) is 0 Å². The van der Waals surface area contributed by atoms with Gasteiger partial charge in [-0.3, -0.25) is 24.1 Å². The van der Waals surface area contributed by atoms with Crippen LogP contribution in [0.15, 0.2) is 54.6 Å². The summed E-state index contributed by atoms with van der Waals surface area (Å²) in [7, 11) is 0. The van der Waals surface area contributed by atoms with E-state index in [2.05, 4.69) is 5.32 Å². The molecule has 150 valence electrons. The number of hydrogen-bond donors (Lipinski definition) is 1. The monoisotopic (exact) mass is 394 g/mol. The Morgan fingerprint density at radius 1 is 1.07 bits per heavy atom. The van der Waals surface area contributed by atoms with Crippen molar-refractivity contribution in [3.8, 4) is 0 Å². The van der Waals surface area contributed by atoms with Gasteiger partial charge in [0.05, 0.1) is 6.42 Å². The molecule has 29 heavy (non-hydrogen) atoms. The van der Waals surface area contributed by atoms with Crippen LogP contribution in [0.5, 0.6) is 0 Å². The van der Waals surface area contributed by atoms with Gasteiger partial charge in [-0.15, -0.1) is 0 Å². The average Bonchev–Trinajstić information content (AvgIpc) is 2.71. The molecule has 1 heterocycles. The lowest BCUT2D eigenvalue weighted by Gasteiger charge is -2.26. The number of carbonyl (C=O) groups is 4. The maximum absolute atomic E-state index is 12.5. The molecule has 7 heteroatoms. The molecule has 0 bridgehead atoms. The standard InChI is InChI=1S/C22H22N2O5/c1-15(21(27)23-12-11-16-7-3-2-4-8-16)29-20(26)14-24-19(25)13-17-9-5-6-10-18(17)22(24)28/h2-10,15H,11-14H2,1H3,(H,23,27)/t15-/m0/s1. The Labute approximate surface area is 168 Å². The quantitative estimate of drug-likeness (QED) is 0.568. The highest BCUT2D eigenvalue weighted by molar-refractivity contribution is 6.11. The van der Waals surface area contributed by atoms with Crippen molar-refractivity contribution in [1.82, 2.24) is 10.2 Å². The van der Waals surface area contributed by atoms with Gasteiger partial charge in [-0.05, 0) is 30.5 Å². The van der Waals surface area contributed by atoms with E-state index in [-0.39, 0.29) is 6.42 Å². The SMILES string of the molecule is C[C@H](OC(=O)CN1C(=O)Cc2ccccc2C1=O)C(=O)NCCc1ccccc1. The summed E-state index contributed by atoms with van der Waals surface area (Å²) in [5.74, 6) is -2.24. The van der Waals surface area contributed by atoms with Gasteiger partial charge < -0.3 is 10.1 Å². The zero-order valence-corrected chi connectivity index (χ0v) is 16.1. The highest BCUT2D eigenvalue weighted by Crippen LogP contribution is 2.19. The second-order valence-corrected chi connectivity index (χ2v) is 6.78. The van der Waals surface area contributed by atoms with Crippen LogP contribution in [0.3, 0.4) is 0 Å². The minimum atomic E-state index is -1.03. The molecule has 0 saturated carbocycles. The number of imide groups is 1. The van der Waals surface area contributed by atoms with Crippen molar-refractivity contribution in [3.63, 3.8) is 0 Å². The first kappa shape index (κ1) is 20.3. The van der Waals surface area contributed by atoms with Crippen LogP contribution in [0.2, 0.25) is 0 Å². The van der Waals surface area contributed by atoms with Gasteiger partial charge in [0.2, 0.25) is 5.91 Å². The highest BCUT2D eigenvalue weighted by Gasteiger charge is 2.33. The minimum Gasteiger partial charge on any atom is -0.451 e. The van der Waals surface area contributed by atoms with Crippen LogP contribution in [0.1, 0.15) is 28.4 Å². The van der Waals surface area contributed by atoms with Crippen molar-refractivity contribution in [2.75, 3.05) is 13.1 Å². The number of rotatable bonds is 7. The molecule has 2 aromatic rings. The lowest BCUT2D eigenvalue weighted by atomic mass is 9.98. The van der Waals surface area contributed by atoms with E-state index in [1.54, 1.807) is 24.3 Å². The van der Waals surface area contributed by atoms with Gasteiger partial charge in [-0.2, -0.15) is 0 Å². The van der Waals surface area contributed by atoms with Crippen molar-refractivity contribution >= 4 is 23.7 Å². The molecule has 0 unspecified atom stereocenters. The third-order valence-electron chi connectivity index (χ3n) is 4.66. The molecule has 0 saturated heterocycles. The largest absolute Gasteiger partial charge is 0.451 e. The summed E-state index contributed by atoms with van der Waals surface area (Å²) in [6.45, 7) is 1.34. The molecule has 0 radical (unpaired) electrons. The van der Waals surface area contributed by atoms with Crippen LogP contribution in [-0.4, -0.2) is 47.8 Å². The predicted octanol–water partition coefficient (Wildman–Crippen LogP) is 1.50. The van der Waals surface area contributed by atoms with E-state index >= 15 is 0 Å². The van der Waals surface area contributed by atoms with E-state index in [4.69, 9.17) is 4.74 Å². The number of amides is 3. The molecule has 0 aromatic heterocycles. The van der Waals surface area contributed by atoms with Gasteiger partial charge in [0.25, 0.3) is 11.8 Å². The van der Waals surface area contributed by atoms with E-state index in [9.17, 15) is 19.2 Å². The van der Waals surface area contributed by atoms with E-state index < -0.39 is 36.3 Å². The second-order valence-electron chi connectivity index (χ2n) is 6.78. The molecule has 0 aliphatic carbocycles. The van der Waals surface area contributed by atoms with Crippen LogP contribution in [0.4, 0.5) is 0 Å². The lowest BCUT2D eigenvalue weighted by molar-refractivity contribution is -0.156. The Kier molecular flexibility index (Phi) is 6.39. The van der Waals surface area contributed by atoms with Gasteiger partial charge in [0, 0.05) is 12.1 Å². The molecular formula is C22H22N2O5. The predicted molar refractivity (Wildman–Crippen MR) is 105 cm³/mol. The molecule has 0 spiro atoms. The Balaban J connectivity index is 1.49. The summed E-state index contributed by atoms with van der Waals surface area (Å²) >= 11 is 0. The summed E-state index contributed by atoms with van der Waals surface area (Å²) in [5.41, 5.74) is 2.12. The number of fused-ring (bicyclic) bond motifs is 1. The summed E-state index contributed by atoms with van der Waals surface area (Å²) < 4.78 is 5.11. The fourth-order valence-corrected chi connectivity index (χ4v) is 3.10. The van der Waals surface area contributed by atoms with Gasteiger partial charge >= 0.3 is 5.97 Å². The Morgan fingerprint density at radius 3 is 2.52 bits per heavy atom. The summed E-state index contributed by atoms with van der Waals surface area (Å²) in [6, 6.07) is 16.5. The van der Waals surface area contributed by atoms with E-state index in [1.807, 2.05) is 30.3 Å². The molecule has 3 rings (SSSR count). The molecule has 1 aliphatic rings. The number of ether oxygens (including phenoxy) is 1. The molecule has 0 fully saturated rings. The molecule has 2 aromatic carbocycles. The van der Waals surface area contributed by atoms with Crippen LogP contribution >= 0.6 is 0 Å². The fraction of sp³-hybridized carbons (Fsp3) is 0.273. The molecule has 1 atom stereocenters. The maximum atomic E-state index is 12.5. The van der Waals surface area contributed by atoms with Gasteiger partial charge in [-0.25, -0.2) is 0 Å². The third-order valence-corrected chi connectivity index (χ3v) is 4.66. The maximum Gasteiger partial charge on any atom is 0.326 e. The molecular weight excluding hydrogens is 372 g/mol. The third kappa shape index (κ3) is 5.07. The fourth-order valence-electron chi connectivity index (χ4n) is 3.10. The number of carbonyl (C=O) groups excluding carboxylic acids is 4. The smallest absolute Gasteiger partial charge is 0.326 e. The van der Waals surface area contributed by atoms with Crippen LogP contribution < -0.4 is 5.32 Å². The first-order chi connectivity index (χ1) is 14.0. The molecule has 1 N–H and O–H groups in total. The van der Waals surface area contributed by atoms with Gasteiger partial charge in [0.1, 0.15) is 6.54 Å². The minimum absolute atomic E-state index is 0.0463. The van der Waals surface area contributed by atoms with Crippen molar-refractivity contribution in [3.05, 3.63) is 71.3 Å². The number of benzene rings is 2. The highest BCUT2D eigenvalue weighted by atomic mass is 16.5. The van der Waals surface area contributed by atoms with Crippen molar-refractivity contribution in [2.45, 2.75) is 25.9 Å². The summed E-state index contributed by atoms with van der Waals surface area (Å²) in [6.07, 6.45) is -0.325. The zero-order valence-electron chi connectivity index (χ0n) is 16.1. The number of nitrogens with one attached hydrogen (secondary N) is 1. The lowest BCUT2D eigenvalue weighted by Crippen LogP contribution is -2.46. The van der Waals surface area contributed by atoms with Gasteiger partial charge in [0.15, 0.2) is 6.10 Å². The summed E-state index contributed by atoms with van der Waals surface area (Å²) in [4.78, 5) is 49.9. The topological polar surface area (TPSA) is 92.8 Å². The van der Waals surface area contributed by atoms with E-state index in [0.29, 0.717) is 24.1 Å². The second kappa shape index (κ2) is 9.14. The van der Waals surface area contributed by atoms with Crippen molar-refractivity contribution in [2.24, 2.45) is 0 Å². The number of hydrogen-bond acceptors (Lipinski definition) is 5. The Bertz CT molecular complexity index is 926. The first-order valence-electron chi connectivity index (χ1n) is 9.39. The van der Waals surface area contributed by atoms with E-state index in [0.717, 1.165) is 10.5 Å². The summed E-state index contributed by atoms with van der Waals surface area (Å²) in [5, 5.41) is 2.71. The molecule has 1 aliphatic heterocycles. The number of esters is 1. The Hall–Kier alpha value is -3.48. The molecule has 7 nitrogen and oxygen atoms in total. The normalized spacial score (nSPS) is 14.2. The van der Waals surface area contributed by atoms with E-state index in [1.165, 1.54) is 6.92 Å². The van der Waals surface area contributed by atoms with Crippen molar-refractivity contribution < 1.29 is 23.9 Å². The Morgan fingerprint density at radius 2 is 1.76 bits per heavy atom. The van der Waals surface area contributed by atoms with Gasteiger partial charge in [-0.1, -0.05) is 48.5 Å². The first-order valence-corrected chi connectivity index (χ1v) is 9.39. The van der Waals surface area contributed by atoms with Crippen LogP contribution in [0, 0.1) is 0 Å². The zero-order chi connectivity index (χ0) is 20.8. The van der Waals surface area contributed by atoms with Crippen molar-refractivity contribution in [1.29, 1.82) is 0 Å². The number of nitrogens with zero attached hydrogens (tertiary/aromatic N) is 1. The van der Waals surface area contributed by atoms with Crippen LogP contribution in [-0.2, 0) is 32.0 Å².